The maximum absolute atomic E-state index is 12.6. The number of hydrogen-bond donors (Lipinski definition) is 2. The van der Waals surface area contributed by atoms with E-state index in [0.29, 0.717) is 5.23 Å². The summed E-state index contributed by atoms with van der Waals surface area (Å²) in [4.78, 5) is 10.3. The van der Waals surface area contributed by atoms with Gasteiger partial charge in [-0.3, -0.25) is 4.90 Å². The lowest BCUT2D eigenvalue weighted by Gasteiger charge is -2.45. The number of phosphoric ester groups is 1. The lowest BCUT2D eigenvalue weighted by Crippen LogP contribution is -2.60. The van der Waals surface area contributed by atoms with Crippen LogP contribution in [0.1, 0.15) is 0 Å². The Hall–Kier alpha value is -1.25. The van der Waals surface area contributed by atoms with Crippen LogP contribution in [0.15, 0.2) is 16.6 Å². The second-order valence-electron chi connectivity index (χ2n) is 5.87. The number of rotatable bonds is 1. The van der Waals surface area contributed by atoms with Crippen molar-refractivity contribution >= 4 is 21.5 Å². The van der Waals surface area contributed by atoms with Gasteiger partial charge in [0.1, 0.15) is 12.8 Å². The normalized spacial score (nSPS) is 50.7. The minimum atomic E-state index is -4.31. The van der Waals surface area contributed by atoms with Crippen molar-refractivity contribution < 1.29 is 56.5 Å². The lowest BCUT2D eigenvalue weighted by atomic mass is 10.1. The molecule has 9 bridgehead atoms. The second-order valence-corrected chi connectivity index (χ2v) is 8.68. The molecule has 2 N–H and O–H groups in total. The van der Waals surface area contributed by atoms with Crippen molar-refractivity contribution in [3.05, 3.63) is 11.6 Å². The predicted molar refractivity (Wildman–Crippen MR) is 70.3 cm³/mol. The lowest BCUT2D eigenvalue weighted by molar-refractivity contribution is -0.364. The molecule has 9 aliphatic heterocycles. The highest BCUT2D eigenvalue weighted by molar-refractivity contribution is 7.49. The van der Waals surface area contributed by atoms with Crippen LogP contribution in [0.25, 0.3) is 0 Å². The molecule has 9 aliphatic rings. The van der Waals surface area contributed by atoms with Gasteiger partial charge in [0.25, 0.3) is 11.7 Å². The van der Waals surface area contributed by atoms with Crippen LogP contribution in [0.3, 0.4) is 0 Å². The molecule has 3 fully saturated rings. The van der Waals surface area contributed by atoms with Crippen molar-refractivity contribution in [3.63, 3.8) is 0 Å². The molecule has 0 amide bonds. The molecule has 0 aromatic carbocycles. The molecule has 17 heteroatoms. The molecule has 0 aliphatic carbocycles. The third-order valence-corrected chi connectivity index (χ3v) is 6.60. The quantitative estimate of drug-likeness (QED) is 0.398. The first-order valence-electron chi connectivity index (χ1n) is 7.23. The van der Waals surface area contributed by atoms with Gasteiger partial charge in [0.2, 0.25) is 11.6 Å². The molecule has 0 aromatic heterocycles. The number of fused-ring (bicyclic) bond motifs is 1. The number of amidine groups is 1. The highest BCUT2D eigenvalue weighted by Crippen LogP contribution is 2.68. The fourth-order valence-corrected chi connectivity index (χ4v) is 5.48. The van der Waals surface area contributed by atoms with Crippen molar-refractivity contribution in [3.8, 4) is 0 Å². The van der Waals surface area contributed by atoms with Gasteiger partial charge in [0, 0.05) is 0 Å². The van der Waals surface area contributed by atoms with Gasteiger partial charge in [-0.15, -0.1) is 13.9 Å². The van der Waals surface area contributed by atoms with Gasteiger partial charge in [-0.2, -0.15) is 0 Å². The molecule has 2 unspecified atom stereocenters. The van der Waals surface area contributed by atoms with E-state index in [4.69, 9.17) is 37.1 Å². The molecule has 142 valence electrons. The fourth-order valence-electron chi connectivity index (χ4n) is 3.25. The van der Waals surface area contributed by atoms with Gasteiger partial charge in [0.15, 0.2) is 12.3 Å². The maximum atomic E-state index is 12.6. The Labute approximate surface area is 143 Å². The second kappa shape index (κ2) is 4.59. The number of aliphatic hydroxyl groups is 2. The number of phosphoric acid groups is 2. The molecule has 3 saturated heterocycles. The summed E-state index contributed by atoms with van der Waals surface area (Å²) in [5.41, 5.74) is 0. The summed E-state index contributed by atoms with van der Waals surface area (Å²) in [6.07, 6.45) is -4.30. The fraction of sp³-hybridized carbons (Fsp3) is 0.667. The summed E-state index contributed by atoms with van der Waals surface area (Å²) in [6.45, 7) is -0.846. The highest BCUT2D eigenvalue weighted by atomic mass is 31.2. The Morgan fingerprint density at radius 2 is 2.08 bits per heavy atom. The Morgan fingerprint density at radius 1 is 1.27 bits per heavy atom. The van der Waals surface area contributed by atoms with Gasteiger partial charge in [0.05, 0.1) is 6.61 Å². The number of hydrogen-bond acceptors (Lipinski definition) is 15. The molecular weight excluding hydrogens is 404 g/mol. The van der Waals surface area contributed by atoms with Crippen LogP contribution < -0.4 is 0 Å². The average Bonchev–Trinajstić information content (AvgIpc) is 3.05. The summed E-state index contributed by atoms with van der Waals surface area (Å²) in [7, 11) is -8.57. The Kier molecular flexibility index (Phi) is 2.78. The van der Waals surface area contributed by atoms with Crippen LogP contribution in [-0.2, 0) is 46.2 Å². The molecule has 5 atom stereocenters. The summed E-state index contributed by atoms with van der Waals surface area (Å²) < 4.78 is 61.1. The SMILES string of the molecule is O=P12OO[C@H]3[C@@H](CO)OC4N5CN=C(C(=C5O1)O2)N1OP(=O)(O1)O[C@@]43O. The van der Waals surface area contributed by atoms with E-state index in [2.05, 4.69) is 4.99 Å². The zero-order valence-electron chi connectivity index (χ0n) is 12.4. The molecular formula is C9H9N3O12P2. The number of aliphatic imine (C=N–C) groups is 1. The van der Waals surface area contributed by atoms with Crippen molar-refractivity contribution in [1.29, 1.82) is 0 Å². The molecule has 0 saturated carbocycles. The minimum absolute atomic E-state index is 0.146. The van der Waals surface area contributed by atoms with E-state index >= 15 is 0 Å². The van der Waals surface area contributed by atoms with E-state index in [-0.39, 0.29) is 24.1 Å². The van der Waals surface area contributed by atoms with E-state index in [1.165, 1.54) is 4.90 Å². The highest BCUT2D eigenvalue weighted by Gasteiger charge is 2.71. The first kappa shape index (κ1) is 15.8. The van der Waals surface area contributed by atoms with E-state index in [0.717, 1.165) is 0 Å². The van der Waals surface area contributed by atoms with Crippen LogP contribution in [-0.4, -0.2) is 63.7 Å². The van der Waals surface area contributed by atoms with Crippen LogP contribution >= 0.6 is 15.6 Å². The topological polar surface area (TPSA) is 167 Å². The van der Waals surface area contributed by atoms with Crippen LogP contribution in [0.4, 0.5) is 0 Å². The monoisotopic (exact) mass is 413 g/mol. The molecule has 26 heavy (non-hydrogen) atoms. The van der Waals surface area contributed by atoms with Gasteiger partial charge in [-0.1, -0.05) is 5.23 Å². The van der Waals surface area contributed by atoms with E-state index in [1.54, 1.807) is 0 Å². The third kappa shape index (κ3) is 1.78. The molecule has 0 aromatic rings. The van der Waals surface area contributed by atoms with E-state index in [9.17, 15) is 19.3 Å². The molecule has 9 heterocycles. The third-order valence-electron chi connectivity index (χ3n) is 4.32. The number of ether oxygens (including phenoxy) is 1. The maximum Gasteiger partial charge on any atom is 0.617 e. The van der Waals surface area contributed by atoms with Crippen LogP contribution in [0.2, 0.25) is 0 Å². The molecule has 0 radical (unpaired) electrons. The summed E-state index contributed by atoms with van der Waals surface area (Å²) in [6, 6.07) is 0. The zero-order chi connectivity index (χ0) is 17.9. The number of aliphatic hydroxyl groups excluding tert-OH is 1. The Balaban J connectivity index is 1.60. The zero-order valence-corrected chi connectivity index (χ0v) is 14.1. The number of nitrogens with zero attached hydrogens (tertiary/aromatic N) is 3. The van der Waals surface area contributed by atoms with E-state index < -0.39 is 46.5 Å². The van der Waals surface area contributed by atoms with Crippen molar-refractivity contribution in [2.45, 2.75) is 24.2 Å². The van der Waals surface area contributed by atoms with Crippen molar-refractivity contribution in [2.75, 3.05) is 13.3 Å². The van der Waals surface area contributed by atoms with Crippen LogP contribution in [0, 0.1) is 0 Å². The van der Waals surface area contributed by atoms with Crippen molar-refractivity contribution in [2.24, 2.45) is 4.99 Å². The Morgan fingerprint density at radius 3 is 2.85 bits per heavy atom. The summed E-state index contributed by atoms with van der Waals surface area (Å²) >= 11 is 0. The van der Waals surface area contributed by atoms with Gasteiger partial charge in [-0.25, -0.2) is 23.5 Å². The summed E-state index contributed by atoms with van der Waals surface area (Å²) in [5.74, 6) is -3.09. The van der Waals surface area contributed by atoms with Crippen molar-refractivity contribution in [1.82, 2.24) is 10.1 Å². The predicted octanol–water partition coefficient (Wildman–Crippen LogP) is -0.965. The van der Waals surface area contributed by atoms with Gasteiger partial charge >= 0.3 is 15.6 Å². The largest absolute Gasteiger partial charge is 0.617 e. The first-order valence-corrected chi connectivity index (χ1v) is 10.2. The Bertz CT molecular complexity index is 866. The van der Waals surface area contributed by atoms with Gasteiger partial charge < -0.3 is 24.0 Å². The average molecular weight is 413 g/mol. The van der Waals surface area contributed by atoms with Crippen LogP contribution in [0.5, 0.6) is 0 Å². The molecule has 15 nitrogen and oxygen atoms in total. The first-order chi connectivity index (χ1) is 12.3. The minimum Gasteiger partial charge on any atom is -0.394 e. The standard InChI is InChI=1S/C9H9N3O12P2/c13-1-3-5-9(14)8(17-3)11-2-10-6(12-22-26(16,21-9)23-12)4-7(11)20-25(15,19-4)24-18-5/h3,5,8,13-14H,1-2H2/t3-,5+,8?,9-,25?/m1/s1. The smallest absolute Gasteiger partial charge is 0.394 e. The van der Waals surface area contributed by atoms with Gasteiger partial charge in [-0.05, 0) is 0 Å². The number of hydroxylamine groups is 2. The van der Waals surface area contributed by atoms with E-state index in [1.807, 2.05) is 0 Å². The summed E-state index contributed by atoms with van der Waals surface area (Å²) in [5, 5.41) is 21.3. The molecule has 9 rings (SSSR count). The molecule has 0 spiro atoms.